The second-order valence-corrected chi connectivity index (χ2v) is 4.99. The smallest absolute Gasteiger partial charge is 0.224 e. The summed E-state index contributed by atoms with van der Waals surface area (Å²) in [5, 5.41) is 0. The molecule has 0 spiro atoms. The zero-order valence-corrected chi connectivity index (χ0v) is 11.1. The van der Waals surface area contributed by atoms with Gasteiger partial charge >= 0.3 is 0 Å². The van der Waals surface area contributed by atoms with E-state index in [1.54, 1.807) is 0 Å². The first kappa shape index (κ1) is 13.1. The van der Waals surface area contributed by atoms with E-state index in [1.165, 1.54) is 5.56 Å². The molecular formula is C15H22N2O. The van der Waals surface area contributed by atoms with Crippen molar-refractivity contribution in [3.05, 3.63) is 35.4 Å². The van der Waals surface area contributed by atoms with Crippen LogP contribution < -0.4 is 5.73 Å². The molecule has 3 nitrogen and oxygen atoms in total. The molecule has 98 valence electrons. The number of aryl methyl sites for hydroxylation is 1. The molecule has 1 aliphatic rings. The van der Waals surface area contributed by atoms with E-state index in [0.29, 0.717) is 6.42 Å². The van der Waals surface area contributed by atoms with Crippen LogP contribution in [0.1, 0.15) is 43.4 Å². The molecule has 0 aromatic heterocycles. The van der Waals surface area contributed by atoms with Crippen molar-refractivity contribution in [2.45, 2.75) is 38.6 Å². The average molecular weight is 246 g/mol. The number of hydrogen-bond acceptors (Lipinski definition) is 2. The lowest BCUT2D eigenvalue weighted by molar-refractivity contribution is -0.130. The molecule has 1 amide bonds. The van der Waals surface area contributed by atoms with Gasteiger partial charge in [-0.1, -0.05) is 31.2 Å². The van der Waals surface area contributed by atoms with Gasteiger partial charge in [0.05, 0.1) is 0 Å². The van der Waals surface area contributed by atoms with Crippen LogP contribution >= 0.6 is 0 Å². The standard InChI is InChI=1S/C15H22N2O/c1-2-12-5-7-13(8-6-12)14(16)11-15(18)17-9-3-4-10-17/h5-8,14H,2-4,9-11,16H2,1H3. The van der Waals surface area contributed by atoms with Crippen molar-refractivity contribution in [2.24, 2.45) is 5.73 Å². The molecule has 18 heavy (non-hydrogen) atoms. The largest absolute Gasteiger partial charge is 0.343 e. The Hall–Kier alpha value is -1.35. The van der Waals surface area contributed by atoms with Gasteiger partial charge in [-0.3, -0.25) is 4.79 Å². The van der Waals surface area contributed by atoms with Gasteiger partial charge in [-0.15, -0.1) is 0 Å². The first-order chi connectivity index (χ1) is 8.70. The molecule has 1 aromatic carbocycles. The van der Waals surface area contributed by atoms with Gasteiger partial charge in [0, 0.05) is 25.6 Å². The van der Waals surface area contributed by atoms with Crippen LogP contribution in [-0.2, 0) is 11.2 Å². The molecule has 1 saturated heterocycles. The molecule has 0 saturated carbocycles. The molecule has 1 aliphatic heterocycles. The molecule has 2 N–H and O–H groups in total. The maximum absolute atomic E-state index is 12.0. The fraction of sp³-hybridized carbons (Fsp3) is 0.533. The van der Waals surface area contributed by atoms with E-state index in [9.17, 15) is 4.79 Å². The molecule has 0 bridgehead atoms. The van der Waals surface area contributed by atoms with Gasteiger partial charge < -0.3 is 10.6 Å². The Labute approximate surface area is 109 Å². The van der Waals surface area contributed by atoms with E-state index in [1.807, 2.05) is 17.0 Å². The van der Waals surface area contributed by atoms with Crippen LogP contribution in [0.25, 0.3) is 0 Å². The number of amides is 1. The zero-order valence-electron chi connectivity index (χ0n) is 11.1. The molecule has 2 rings (SSSR count). The van der Waals surface area contributed by atoms with Crippen LogP contribution in [-0.4, -0.2) is 23.9 Å². The number of carbonyl (C=O) groups excluding carboxylic acids is 1. The molecule has 3 heteroatoms. The lowest BCUT2D eigenvalue weighted by Gasteiger charge is -2.18. The van der Waals surface area contributed by atoms with Crippen LogP contribution in [0.5, 0.6) is 0 Å². The normalized spacial score (nSPS) is 16.9. The summed E-state index contributed by atoms with van der Waals surface area (Å²) in [6.45, 7) is 3.94. The minimum absolute atomic E-state index is 0.177. The molecule has 1 unspecified atom stereocenters. The van der Waals surface area contributed by atoms with Gasteiger partial charge in [0.25, 0.3) is 0 Å². The Balaban J connectivity index is 1.93. The average Bonchev–Trinajstić information content (AvgIpc) is 2.92. The molecular weight excluding hydrogens is 224 g/mol. The van der Waals surface area contributed by atoms with Crippen LogP contribution in [0.15, 0.2) is 24.3 Å². The summed E-state index contributed by atoms with van der Waals surface area (Å²) in [7, 11) is 0. The topological polar surface area (TPSA) is 46.3 Å². The van der Waals surface area contributed by atoms with Crippen LogP contribution in [0.2, 0.25) is 0 Å². The number of nitrogens with zero attached hydrogens (tertiary/aromatic N) is 1. The van der Waals surface area contributed by atoms with Crippen LogP contribution in [0.4, 0.5) is 0 Å². The second kappa shape index (κ2) is 6.01. The molecule has 0 aliphatic carbocycles. The van der Waals surface area contributed by atoms with E-state index in [4.69, 9.17) is 5.73 Å². The molecule has 1 aromatic rings. The van der Waals surface area contributed by atoms with E-state index >= 15 is 0 Å². The van der Waals surface area contributed by atoms with E-state index < -0.39 is 0 Å². The Kier molecular flexibility index (Phi) is 4.37. The van der Waals surface area contributed by atoms with Gasteiger partial charge in [0.1, 0.15) is 0 Å². The summed E-state index contributed by atoms with van der Waals surface area (Å²) in [6, 6.07) is 8.09. The monoisotopic (exact) mass is 246 g/mol. The van der Waals surface area contributed by atoms with Crippen molar-refractivity contribution in [1.29, 1.82) is 0 Å². The summed E-state index contributed by atoms with van der Waals surface area (Å²) in [6.07, 6.45) is 3.71. The van der Waals surface area contributed by atoms with Gasteiger partial charge in [-0.05, 0) is 30.4 Å². The summed E-state index contributed by atoms with van der Waals surface area (Å²) in [5.41, 5.74) is 8.47. The highest BCUT2D eigenvalue weighted by Gasteiger charge is 2.20. The van der Waals surface area contributed by atoms with Gasteiger partial charge in [0.2, 0.25) is 5.91 Å². The van der Waals surface area contributed by atoms with Gasteiger partial charge in [0.15, 0.2) is 0 Å². The number of likely N-dealkylation sites (tertiary alicyclic amines) is 1. The SMILES string of the molecule is CCc1ccc(C(N)CC(=O)N2CCCC2)cc1. The molecule has 1 atom stereocenters. The number of carbonyl (C=O) groups is 1. The minimum Gasteiger partial charge on any atom is -0.343 e. The first-order valence-corrected chi connectivity index (χ1v) is 6.83. The number of rotatable bonds is 4. The summed E-state index contributed by atoms with van der Waals surface area (Å²) in [5.74, 6) is 0.194. The molecule has 1 heterocycles. The van der Waals surface area contributed by atoms with E-state index in [-0.39, 0.29) is 11.9 Å². The second-order valence-electron chi connectivity index (χ2n) is 4.99. The Morgan fingerprint density at radius 3 is 2.44 bits per heavy atom. The summed E-state index contributed by atoms with van der Waals surface area (Å²) in [4.78, 5) is 13.9. The van der Waals surface area contributed by atoms with Gasteiger partial charge in [-0.25, -0.2) is 0 Å². The predicted molar refractivity (Wildman–Crippen MR) is 73.2 cm³/mol. The van der Waals surface area contributed by atoms with Crippen molar-refractivity contribution in [1.82, 2.24) is 4.90 Å². The third kappa shape index (κ3) is 3.10. The van der Waals surface area contributed by atoms with Crippen molar-refractivity contribution in [2.75, 3.05) is 13.1 Å². The van der Waals surface area contributed by atoms with Crippen molar-refractivity contribution < 1.29 is 4.79 Å². The Bertz CT molecular complexity index is 393. The summed E-state index contributed by atoms with van der Waals surface area (Å²) < 4.78 is 0. The predicted octanol–water partition coefficient (Wildman–Crippen LogP) is 2.26. The Morgan fingerprint density at radius 1 is 1.28 bits per heavy atom. The highest BCUT2D eigenvalue weighted by Crippen LogP contribution is 2.18. The maximum atomic E-state index is 12.0. The van der Waals surface area contributed by atoms with Crippen molar-refractivity contribution >= 4 is 5.91 Å². The maximum Gasteiger partial charge on any atom is 0.224 e. The number of nitrogens with two attached hydrogens (primary N) is 1. The third-order valence-electron chi connectivity index (χ3n) is 3.67. The van der Waals surface area contributed by atoms with Gasteiger partial charge in [-0.2, -0.15) is 0 Å². The van der Waals surface area contributed by atoms with Crippen LogP contribution in [0, 0.1) is 0 Å². The number of hydrogen-bond donors (Lipinski definition) is 1. The first-order valence-electron chi connectivity index (χ1n) is 6.83. The van der Waals surface area contributed by atoms with Crippen molar-refractivity contribution in [3.63, 3.8) is 0 Å². The van der Waals surface area contributed by atoms with Crippen LogP contribution in [0.3, 0.4) is 0 Å². The quantitative estimate of drug-likeness (QED) is 0.885. The lowest BCUT2D eigenvalue weighted by atomic mass is 10.0. The highest BCUT2D eigenvalue weighted by atomic mass is 16.2. The Morgan fingerprint density at radius 2 is 1.89 bits per heavy atom. The minimum atomic E-state index is -0.177. The fourth-order valence-corrected chi connectivity index (χ4v) is 2.40. The molecule has 1 fully saturated rings. The zero-order chi connectivity index (χ0) is 13.0. The highest BCUT2D eigenvalue weighted by molar-refractivity contribution is 5.77. The third-order valence-corrected chi connectivity index (χ3v) is 3.67. The fourth-order valence-electron chi connectivity index (χ4n) is 2.40. The van der Waals surface area contributed by atoms with Crippen molar-refractivity contribution in [3.8, 4) is 0 Å². The molecule has 0 radical (unpaired) electrons. The lowest BCUT2D eigenvalue weighted by Crippen LogP contribution is -2.30. The summed E-state index contributed by atoms with van der Waals surface area (Å²) >= 11 is 0. The number of benzene rings is 1. The van der Waals surface area contributed by atoms with E-state index in [0.717, 1.165) is 37.9 Å². The van der Waals surface area contributed by atoms with E-state index in [2.05, 4.69) is 19.1 Å².